The molecule has 3 N–H and O–H groups in total. The lowest BCUT2D eigenvalue weighted by Crippen LogP contribution is -2.52. The van der Waals surface area contributed by atoms with Gasteiger partial charge >= 0.3 is 0 Å². The standard InChI is InChI=1S/C14H24N2O3/c1-10(2)7-14(3,9-15)16-13(17)12-6-5-11(19-12)8-18-4/h5-6,10H,7-9,15H2,1-4H3,(H,16,17). The topological polar surface area (TPSA) is 77.5 Å². The van der Waals surface area contributed by atoms with Crippen molar-refractivity contribution in [2.75, 3.05) is 13.7 Å². The molecule has 1 aromatic heterocycles. The molecule has 19 heavy (non-hydrogen) atoms. The van der Waals surface area contributed by atoms with Crippen LogP contribution < -0.4 is 11.1 Å². The normalized spacial score (nSPS) is 14.4. The number of methoxy groups -OCH3 is 1. The Morgan fingerprint density at radius 1 is 1.53 bits per heavy atom. The molecule has 108 valence electrons. The van der Waals surface area contributed by atoms with E-state index >= 15 is 0 Å². The Bertz CT molecular complexity index is 415. The van der Waals surface area contributed by atoms with E-state index in [1.54, 1.807) is 19.2 Å². The van der Waals surface area contributed by atoms with Crippen LogP contribution in [-0.4, -0.2) is 25.1 Å². The van der Waals surface area contributed by atoms with Crippen molar-refractivity contribution < 1.29 is 13.9 Å². The van der Waals surface area contributed by atoms with Gasteiger partial charge in [0.05, 0.1) is 5.54 Å². The third-order valence-corrected chi connectivity index (χ3v) is 2.90. The smallest absolute Gasteiger partial charge is 0.287 e. The number of nitrogens with one attached hydrogen (secondary N) is 1. The van der Waals surface area contributed by atoms with E-state index < -0.39 is 5.54 Å². The number of carbonyl (C=O) groups is 1. The molecule has 0 aromatic carbocycles. The molecule has 0 saturated heterocycles. The maximum atomic E-state index is 12.1. The van der Waals surface area contributed by atoms with E-state index in [4.69, 9.17) is 14.9 Å². The summed E-state index contributed by atoms with van der Waals surface area (Å²) in [5.41, 5.74) is 5.35. The quantitative estimate of drug-likeness (QED) is 0.792. The van der Waals surface area contributed by atoms with Crippen LogP contribution in [0.4, 0.5) is 0 Å². The minimum absolute atomic E-state index is 0.240. The molecule has 0 aliphatic heterocycles. The highest BCUT2D eigenvalue weighted by molar-refractivity contribution is 5.92. The summed E-state index contributed by atoms with van der Waals surface area (Å²) >= 11 is 0. The van der Waals surface area contributed by atoms with Crippen LogP contribution in [0.1, 0.15) is 43.5 Å². The minimum Gasteiger partial charge on any atom is -0.453 e. The summed E-state index contributed by atoms with van der Waals surface area (Å²) in [6.07, 6.45) is 0.820. The summed E-state index contributed by atoms with van der Waals surface area (Å²) in [5.74, 6) is 1.13. The van der Waals surface area contributed by atoms with Crippen molar-refractivity contribution in [3.63, 3.8) is 0 Å². The van der Waals surface area contributed by atoms with E-state index in [0.717, 1.165) is 6.42 Å². The SMILES string of the molecule is COCc1ccc(C(=O)NC(C)(CN)CC(C)C)o1. The van der Waals surface area contributed by atoms with Crippen molar-refractivity contribution in [3.8, 4) is 0 Å². The number of rotatable bonds is 7. The third kappa shape index (κ3) is 4.69. The second kappa shape index (κ2) is 6.73. The van der Waals surface area contributed by atoms with Crippen LogP contribution in [0.2, 0.25) is 0 Å². The summed E-state index contributed by atoms with van der Waals surface area (Å²) in [7, 11) is 1.58. The van der Waals surface area contributed by atoms with Crippen LogP contribution >= 0.6 is 0 Å². The van der Waals surface area contributed by atoms with Crippen LogP contribution in [-0.2, 0) is 11.3 Å². The Kier molecular flexibility index (Phi) is 5.57. The second-order valence-electron chi connectivity index (χ2n) is 5.52. The van der Waals surface area contributed by atoms with Crippen molar-refractivity contribution in [2.24, 2.45) is 11.7 Å². The lowest BCUT2D eigenvalue weighted by molar-refractivity contribution is 0.0861. The van der Waals surface area contributed by atoms with Crippen LogP contribution in [0.5, 0.6) is 0 Å². The number of carbonyl (C=O) groups excluding carboxylic acids is 1. The molecule has 1 aromatic rings. The molecule has 1 rings (SSSR count). The zero-order valence-electron chi connectivity index (χ0n) is 12.2. The molecule has 0 radical (unpaired) electrons. The molecule has 0 aliphatic carbocycles. The fourth-order valence-electron chi connectivity index (χ4n) is 2.14. The molecule has 0 fully saturated rings. The number of hydrogen-bond acceptors (Lipinski definition) is 4. The molecular weight excluding hydrogens is 244 g/mol. The largest absolute Gasteiger partial charge is 0.453 e. The predicted octanol–water partition coefficient (Wildman–Crippen LogP) is 1.92. The van der Waals surface area contributed by atoms with Gasteiger partial charge in [-0.15, -0.1) is 0 Å². The van der Waals surface area contributed by atoms with Crippen molar-refractivity contribution in [1.29, 1.82) is 0 Å². The Morgan fingerprint density at radius 3 is 2.74 bits per heavy atom. The molecular formula is C14H24N2O3. The Hall–Kier alpha value is -1.33. The van der Waals surface area contributed by atoms with Gasteiger partial charge in [0.25, 0.3) is 5.91 Å². The van der Waals surface area contributed by atoms with Gasteiger partial charge in [0.1, 0.15) is 12.4 Å². The van der Waals surface area contributed by atoms with Gasteiger partial charge in [-0.05, 0) is 31.4 Å². The molecule has 1 amide bonds. The van der Waals surface area contributed by atoms with Crippen LogP contribution in [0.25, 0.3) is 0 Å². The van der Waals surface area contributed by atoms with E-state index in [2.05, 4.69) is 19.2 Å². The van der Waals surface area contributed by atoms with Gasteiger partial charge in [-0.1, -0.05) is 13.8 Å². The monoisotopic (exact) mass is 268 g/mol. The molecule has 1 unspecified atom stereocenters. The summed E-state index contributed by atoms with van der Waals surface area (Å²) in [5, 5.41) is 2.95. The Morgan fingerprint density at radius 2 is 2.21 bits per heavy atom. The first kappa shape index (κ1) is 15.7. The van der Waals surface area contributed by atoms with Crippen molar-refractivity contribution >= 4 is 5.91 Å². The molecule has 0 bridgehead atoms. The van der Waals surface area contributed by atoms with E-state index in [-0.39, 0.29) is 11.7 Å². The summed E-state index contributed by atoms with van der Waals surface area (Å²) in [4.78, 5) is 12.1. The van der Waals surface area contributed by atoms with Gasteiger partial charge in [0.2, 0.25) is 0 Å². The van der Waals surface area contributed by atoms with E-state index in [1.807, 2.05) is 6.92 Å². The van der Waals surface area contributed by atoms with E-state index in [1.165, 1.54) is 0 Å². The molecule has 1 heterocycles. The number of amides is 1. The first-order valence-electron chi connectivity index (χ1n) is 6.50. The maximum absolute atomic E-state index is 12.1. The lowest BCUT2D eigenvalue weighted by atomic mass is 9.90. The predicted molar refractivity (Wildman–Crippen MR) is 73.8 cm³/mol. The van der Waals surface area contributed by atoms with Crippen LogP contribution in [0.3, 0.4) is 0 Å². The molecule has 0 spiro atoms. The van der Waals surface area contributed by atoms with Crippen molar-refractivity contribution in [3.05, 3.63) is 23.7 Å². The van der Waals surface area contributed by atoms with E-state index in [9.17, 15) is 4.79 Å². The molecule has 5 heteroatoms. The first-order valence-corrected chi connectivity index (χ1v) is 6.50. The Labute approximate surface area is 114 Å². The molecule has 5 nitrogen and oxygen atoms in total. The lowest BCUT2D eigenvalue weighted by Gasteiger charge is -2.30. The fourth-order valence-corrected chi connectivity index (χ4v) is 2.14. The van der Waals surface area contributed by atoms with Crippen molar-refractivity contribution in [2.45, 2.75) is 39.3 Å². The number of nitrogens with two attached hydrogens (primary N) is 1. The van der Waals surface area contributed by atoms with Gasteiger partial charge in [0, 0.05) is 13.7 Å². The van der Waals surface area contributed by atoms with Gasteiger partial charge < -0.3 is 20.2 Å². The van der Waals surface area contributed by atoms with Gasteiger partial charge in [-0.2, -0.15) is 0 Å². The fraction of sp³-hybridized carbons (Fsp3) is 0.643. The highest BCUT2D eigenvalue weighted by Gasteiger charge is 2.27. The Balaban J connectivity index is 2.70. The summed E-state index contributed by atoms with van der Waals surface area (Å²) in [6.45, 7) is 6.90. The van der Waals surface area contributed by atoms with Crippen LogP contribution in [0.15, 0.2) is 16.5 Å². The highest BCUT2D eigenvalue weighted by Crippen LogP contribution is 2.17. The van der Waals surface area contributed by atoms with Gasteiger partial charge in [-0.25, -0.2) is 0 Å². The number of hydrogen-bond donors (Lipinski definition) is 2. The zero-order chi connectivity index (χ0) is 14.5. The zero-order valence-corrected chi connectivity index (χ0v) is 12.2. The third-order valence-electron chi connectivity index (χ3n) is 2.90. The average Bonchev–Trinajstić information content (AvgIpc) is 2.77. The molecule has 0 aliphatic rings. The number of furan rings is 1. The van der Waals surface area contributed by atoms with E-state index in [0.29, 0.717) is 24.8 Å². The first-order chi connectivity index (χ1) is 8.90. The number of ether oxygens (including phenoxy) is 1. The molecule has 0 saturated carbocycles. The highest BCUT2D eigenvalue weighted by atomic mass is 16.5. The minimum atomic E-state index is -0.417. The second-order valence-corrected chi connectivity index (χ2v) is 5.52. The summed E-state index contributed by atoms with van der Waals surface area (Å²) in [6, 6.07) is 3.39. The van der Waals surface area contributed by atoms with Crippen molar-refractivity contribution in [1.82, 2.24) is 5.32 Å². The van der Waals surface area contributed by atoms with Gasteiger partial charge in [0.15, 0.2) is 5.76 Å². The van der Waals surface area contributed by atoms with Gasteiger partial charge in [-0.3, -0.25) is 4.79 Å². The van der Waals surface area contributed by atoms with Crippen LogP contribution in [0, 0.1) is 5.92 Å². The maximum Gasteiger partial charge on any atom is 0.287 e. The summed E-state index contributed by atoms with van der Waals surface area (Å²) < 4.78 is 10.4. The average molecular weight is 268 g/mol. The molecule has 1 atom stereocenters.